The van der Waals surface area contributed by atoms with Gasteiger partial charge in [0.15, 0.2) is 0 Å². The molecule has 0 aliphatic rings. The predicted molar refractivity (Wildman–Crippen MR) is 49.4 cm³/mol. The van der Waals surface area contributed by atoms with E-state index in [-0.39, 0.29) is 0 Å². The first-order chi connectivity index (χ1) is 4.85. The molecule has 0 rings (SSSR count). The van der Waals surface area contributed by atoms with Crippen molar-refractivity contribution in [2.75, 3.05) is 6.26 Å². The van der Waals surface area contributed by atoms with Gasteiger partial charge in [0, 0.05) is 23.9 Å². The summed E-state index contributed by atoms with van der Waals surface area (Å²) >= 11 is 1.80. The highest BCUT2D eigenvalue weighted by atomic mass is 32.2. The van der Waals surface area contributed by atoms with E-state index in [1.54, 1.807) is 18.0 Å². The molecule has 0 radical (unpaired) electrons. The SMILES string of the molecule is CCC(C=N/C=C\N)SC. The van der Waals surface area contributed by atoms with Crippen LogP contribution in [0.5, 0.6) is 0 Å². The fraction of sp³-hybridized carbons (Fsp3) is 0.571. The van der Waals surface area contributed by atoms with E-state index in [0.717, 1.165) is 6.42 Å². The van der Waals surface area contributed by atoms with Crippen molar-refractivity contribution in [2.45, 2.75) is 18.6 Å². The molecule has 0 spiro atoms. The minimum absolute atomic E-state index is 0.524. The second-order valence-corrected chi connectivity index (χ2v) is 2.90. The predicted octanol–water partition coefficient (Wildman–Crippen LogP) is 1.63. The molecule has 3 heteroatoms. The van der Waals surface area contributed by atoms with Crippen LogP contribution in [0.15, 0.2) is 17.4 Å². The van der Waals surface area contributed by atoms with Crippen LogP contribution in [0.25, 0.3) is 0 Å². The number of thioether (sulfide) groups is 1. The third kappa shape index (κ3) is 4.44. The molecule has 0 aromatic carbocycles. The Labute approximate surface area is 66.6 Å². The van der Waals surface area contributed by atoms with Gasteiger partial charge in [0.05, 0.1) is 0 Å². The molecule has 0 saturated carbocycles. The molecule has 0 heterocycles. The van der Waals surface area contributed by atoms with Gasteiger partial charge < -0.3 is 5.73 Å². The van der Waals surface area contributed by atoms with E-state index < -0.39 is 0 Å². The minimum atomic E-state index is 0.524. The van der Waals surface area contributed by atoms with Crippen molar-refractivity contribution >= 4 is 18.0 Å². The summed E-state index contributed by atoms with van der Waals surface area (Å²) in [5, 5.41) is 0.524. The lowest BCUT2D eigenvalue weighted by atomic mass is 10.3. The molecule has 0 aromatic rings. The fourth-order valence-electron chi connectivity index (χ4n) is 0.528. The third-order valence-electron chi connectivity index (χ3n) is 1.13. The van der Waals surface area contributed by atoms with E-state index >= 15 is 0 Å². The van der Waals surface area contributed by atoms with Crippen LogP contribution < -0.4 is 5.73 Å². The Hall–Kier alpha value is -0.440. The van der Waals surface area contributed by atoms with E-state index in [4.69, 9.17) is 5.73 Å². The molecular formula is C7H14N2S. The molecular weight excluding hydrogens is 144 g/mol. The van der Waals surface area contributed by atoms with Crippen LogP contribution in [0.2, 0.25) is 0 Å². The zero-order valence-corrected chi connectivity index (χ0v) is 7.27. The average molecular weight is 158 g/mol. The summed E-state index contributed by atoms with van der Waals surface area (Å²) in [6.07, 6.45) is 8.13. The molecule has 2 nitrogen and oxygen atoms in total. The van der Waals surface area contributed by atoms with Crippen molar-refractivity contribution in [1.29, 1.82) is 0 Å². The summed E-state index contributed by atoms with van der Waals surface area (Å²) in [5.41, 5.74) is 5.10. The van der Waals surface area contributed by atoms with Gasteiger partial charge >= 0.3 is 0 Å². The van der Waals surface area contributed by atoms with E-state index in [1.807, 2.05) is 6.21 Å². The second kappa shape index (κ2) is 6.68. The lowest BCUT2D eigenvalue weighted by molar-refractivity contribution is 1.03. The van der Waals surface area contributed by atoms with Gasteiger partial charge in [-0.2, -0.15) is 11.8 Å². The second-order valence-electron chi connectivity index (χ2n) is 1.82. The molecule has 0 amide bonds. The first-order valence-corrected chi connectivity index (χ1v) is 4.56. The van der Waals surface area contributed by atoms with Crippen molar-refractivity contribution in [2.24, 2.45) is 10.7 Å². The van der Waals surface area contributed by atoms with Crippen LogP contribution in [-0.2, 0) is 0 Å². The molecule has 10 heavy (non-hydrogen) atoms. The Bertz CT molecular complexity index is 117. The number of aliphatic imine (C=N–C) groups is 1. The van der Waals surface area contributed by atoms with Gasteiger partial charge in [-0.25, -0.2) is 0 Å². The molecule has 0 aliphatic heterocycles. The number of rotatable bonds is 4. The van der Waals surface area contributed by atoms with Gasteiger partial charge in [-0.3, -0.25) is 4.99 Å². The number of hydrogen-bond donors (Lipinski definition) is 1. The highest BCUT2D eigenvalue weighted by Gasteiger charge is 1.96. The van der Waals surface area contributed by atoms with Crippen LogP contribution in [-0.4, -0.2) is 17.7 Å². The molecule has 58 valence electrons. The van der Waals surface area contributed by atoms with E-state index in [1.165, 1.54) is 6.20 Å². The molecule has 0 aromatic heterocycles. The van der Waals surface area contributed by atoms with Gasteiger partial charge in [-0.05, 0) is 12.7 Å². The quantitative estimate of drug-likeness (QED) is 0.631. The molecule has 1 atom stereocenters. The first-order valence-electron chi connectivity index (χ1n) is 3.28. The highest BCUT2D eigenvalue weighted by molar-refractivity contribution is 7.99. The Morgan fingerprint density at radius 3 is 2.80 bits per heavy atom. The van der Waals surface area contributed by atoms with Crippen molar-refractivity contribution in [3.63, 3.8) is 0 Å². The summed E-state index contributed by atoms with van der Waals surface area (Å²) in [6, 6.07) is 0. The van der Waals surface area contributed by atoms with Gasteiger partial charge in [-0.15, -0.1) is 0 Å². The summed E-state index contributed by atoms with van der Waals surface area (Å²) < 4.78 is 0. The molecule has 0 saturated heterocycles. The standard InChI is InChI=1S/C7H14N2S/c1-3-7(10-2)6-9-5-4-8/h4-7H,3,8H2,1-2H3/b5-4-,9-6?. The Balaban J connectivity index is 3.60. The smallest absolute Gasteiger partial charge is 0.0419 e. The molecule has 0 aliphatic carbocycles. The van der Waals surface area contributed by atoms with Crippen molar-refractivity contribution in [3.05, 3.63) is 12.4 Å². The minimum Gasteiger partial charge on any atom is -0.403 e. The normalized spacial score (nSPS) is 15.0. The lowest BCUT2D eigenvalue weighted by Crippen LogP contribution is -1.99. The maximum absolute atomic E-state index is 5.10. The molecule has 0 fully saturated rings. The third-order valence-corrected chi connectivity index (χ3v) is 2.19. The Kier molecular flexibility index (Phi) is 6.38. The number of hydrogen-bond acceptors (Lipinski definition) is 3. The Morgan fingerprint density at radius 1 is 1.70 bits per heavy atom. The fourth-order valence-corrected chi connectivity index (χ4v) is 1.05. The molecule has 0 bridgehead atoms. The van der Waals surface area contributed by atoms with Crippen LogP contribution >= 0.6 is 11.8 Å². The van der Waals surface area contributed by atoms with Crippen LogP contribution in [0.1, 0.15) is 13.3 Å². The summed E-state index contributed by atoms with van der Waals surface area (Å²) in [6.45, 7) is 2.14. The van der Waals surface area contributed by atoms with Gasteiger partial charge in [0.1, 0.15) is 0 Å². The largest absolute Gasteiger partial charge is 0.403 e. The topological polar surface area (TPSA) is 38.4 Å². The molecule has 1 unspecified atom stereocenters. The van der Waals surface area contributed by atoms with E-state index in [0.29, 0.717) is 5.25 Å². The summed E-state index contributed by atoms with van der Waals surface area (Å²) in [5.74, 6) is 0. The maximum atomic E-state index is 5.10. The zero-order chi connectivity index (χ0) is 7.82. The van der Waals surface area contributed by atoms with Crippen molar-refractivity contribution in [3.8, 4) is 0 Å². The first kappa shape index (κ1) is 9.56. The Morgan fingerprint density at radius 2 is 2.40 bits per heavy atom. The average Bonchev–Trinajstić information content (AvgIpc) is 1.99. The van der Waals surface area contributed by atoms with E-state index in [2.05, 4.69) is 18.2 Å². The number of nitrogens with zero attached hydrogens (tertiary/aromatic N) is 1. The lowest BCUT2D eigenvalue weighted by Gasteiger charge is -2.01. The number of nitrogens with two attached hydrogens (primary N) is 1. The summed E-state index contributed by atoms with van der Waals surface area (Å²) in [7, 11) is 0. The maximum Gasteiger partial charge on any atom is 0.0419 e. The monoisotopic (exact) mass is 158 g/mol. The van der Waals surface area contributed by atoms with Crippen LogP contribution in [0.4, 0.5) is 0 Å². The van der Waals surface area contributed by atoms with Crippen LogP contribution in [0.3, 0.4) is 0 Å². The van der Waals surface area contributed by atoms with E-state index in [9.17, 15) is 0 Å². The van der Waals surface area contributed by atoms with Gasteiger partial charge in [0.25, 0.3) is 0 Å². The van der Waals surface area contributed by atoms with Gasteiger partial charge in [-0.1, -0.05) is 6.92 Å². The van der Waals surface area contributed by atoms with Crippen LogP contribution in [0, 0.1) is 0 Å². The van der Waals surface area contributed by atoms with Gasteiger partial charge in [0.2, 0.25) is 0 Å². The molecule has 2 N–H and O–H groups in total. The summed E-state index contributed by atoms with van der Waals surface area (Å²) in [4.78, 5) is 3.98. The van der Waals surface area contributed by atoms with Crippen molar-refractivity contribution < 1.29 is 0 Å². The zero-order valence-electron chi connectivity index (χ0n) is 6.45. The van der Waals surface area contributed by atoms with Crippen molar-refractivity contribution in [1.82, 2.24) is 0 Å². The highest BCUT2D eigenvalue weighted by Crippen LogP contribution is 2.06.